The van der Waals surface area contributed by atoms with E-state index in [-0.39, 0.29) is 0 Å². The normalized spacial score (nSPS) is 29.9. The molecule has 1 aromatic rings. The van der Waals surface area contributed by atoms with Gasteiger partial charge in [-0.3, -0.25) is 0 Å². The van der Waals surface area contributed by atoms with E-state index in [9.17, 15) is 0 Å². The summed E-state index contributed by atoms with van der Waals surface area (Å²) < 4.78 is 0. The van der Waals surface area contributed by atoms with Crippen molar-refractivity contribution in [3.05, 3.63) is 24.3 Å². The number of piperidine rings is 1. The van der Waals surface area contributed by atoms with Gasteiger partial charge < -0.3 is 16.0 Å². The molecule has 3 heteroatoms. The van der Waals surface area contributed by atoms with Crippen molar-refractivity contribution in [1.29, 1.82) is 0 Å². The standard InChI is InChI=1S/C11H15N3/c12-10-3-1-2-4-11(10)14-6-8-5-9(7-14)13-8/h1-4,8-9,13H,5-7,12H2. The van der Waals surface area contributed by atoms with Gasteiger partial charge in [0.05, 0.1) is 11.4 Å². The van der Waals surface area contributed by atoms with Crippen LogP contribution < -0.4 is 16.0 Å². The molecule has 4 rings (SSSR count). The molecule has 3 N–H and O–H groups in total. The minimum atomic E-state index is 0.688. The fourth-order valence-corrected chi connectivity index (χ4v) is 2.49. The maximum absolute atomic E-state index is 5.95. The third-order valence-electron chi connectivity index (χ3n) is 3.20. The van der Waals surface area contributed by atoms with Crippen LogP contribution in [0.15, 0.2) is 24.3 Å². The molecule has 0 radical (unpaired) electrons. The van der Waals surface area contributed by atoms with Crippen molar-refractivity contribution >= 4 is 11.4 Å². The zero-order chi connectivity index (χ0) is 9.54. The number of nitrogens with zero attached hydrogens (tertiary/aromatic N) is 1. The molecule has 0 saturated carbocycles. The van der Waals surface area contributed by atoms with Crippen LogP contribution in [-0.4, -0.2) is 25.2 Å². The van der Waals surface area contributed by atoms with Crippen LogP contribution in [0.2, 0.25) is 0 Å². The summed E-state index contributed by atoms with van der Waals surface area (Å²) >= 11 is 0. The monoisotopic (exact) mass is 189 g/mol. The molecule has 1 aromatic carbocycles. The molecule has 0 aliphatic carbocycles. The Labute approximate surface area is 83.9 Å². The molecule has 2 atom stereocenters. The highest BCUT2D eigenvalue weighted by atomic mass is 15.3. The molecule has 3 fully saturated rings. The number of hydrogen-bond donors (Lipinski definition) is 2. The van der Waals surface area contributed by atoms with Gasteiger partial charge in [-0.25, -0.2) is 0 Å². The van der Waals surface area contributed by atoms with Crippen molar-refractivity contribution in [2.24, 2.45) is 0 Å². The lowest BCUT2D eigenvalue weighted by atomic mass is 9.91. The second-order valence-electron chi connectivity index (χ2n) is 4.26. The molecule has 0 amide bonds. The average Bonchev–Trinajstić information content (AvgIpc) is 2.17. The van der Waals surface area contributed by atoms with Crippen LogP contribution in [0.4, 0.5) is 11.4 Å². The SMILES string of the molecule is Nc1ccccc1N1CC2CC(C1)N2. The summed E-state index contributed by atoms with van der Waals surface area (Å²) in [7, 11) is 0. The third kappa shape index (κ3) is 1.16. The van der Waals surface area contributed by atoms with Crippen molar-refractivity contribution < 1.29 is 0 Å². The molecule has 3 saturated heterocycles. The van der Waals surface area contributed by atoms with Gasteiger partial charge in [-0.15, -0.1) is 0 Å². The second kappa shape index (κ2) is 2.89. The molecule has 3 aliphatic heterocycles. The van der Waals surface area contributed by atoms with E-state index in [4.69, 9.17) is 5.73 Å². The molecule has 3 nitrogen and oxygen atoms in total. The van der Waals surface area contributed by atoms with Crippen molar-refractivity contribution in [2.75, 3.05) is 23.7 Å². The van der Waals surface area contributed by atoms with Crippen molar-refractivity contribution in [3.63, 3.8) is 0 Å². The lowest BCUT2D eigenvalue weighted by Crippen LogP contribution is -2.67. The molecule has 14 heavy (non-hydrogen) atoms. The van der Waals surface area contributed by atoms with Gasteiger partial charge in [-0.2, -0.15) is 0 Å². The number of nitrogen functional groups attached to an aromatic ring is 1. The molecule has 0 spiro atoms. The van der Waals surface area contributed by atoms with Crippen molar-refractivity contribution in [1.82, 2.24) is 5.32 Å². The summed E-state index contributed by atoms with van der Waals surface area (Å²) in [6.07, 6.45) is 1.34. The predicted molar refractivity (Wildman–Crippen MR) is 58.4 cm³/mol. The largest absolute Gasteiger partial charge is 0.397 e. The van der Waals surface area contributed by atoms with E-state index >= 15 is 0 Å². The Kier molecular flexibility index (Phi) is 1.67. The van der Waals surface area contributed by atoms with Gasteiger partial charge in [0.15, 0.2) is 0 Å². The average molecular weight is 189 g/mol. The first kappa shape index (κ1) is 8.12. The first-order chi connectivity index (χ1) is 6.83. The highest BCUT2D eigenvalue weighted by molar-refractivity contribution is 5.67. The topological polar surface area (TPSA) is 41.3 Å². The van der Waals surface area contributed by atoms with Gasteiger partial charge in [0.25, 0.3) is 0 Å². The summed E-state index contributed by atoms with van der Waals surface area (Å²) in [5.41, 5.74) is 8.04. The number of nitrogens with two attached hydrogens (primary N) is 1. The van der Waals surface area contributed by atoms with Gasteiger partial charge in [0.2, 0.25) is 0 Å². The molecular weight excluding hydrogens is 174 g/mol. The Hall–Kier alpha value is -1.22. The van der Waals surface area contributed by atoms with Gasteiger partial charge in [0.1, 0.15) is 0 Å². The molecule has 74 valence electrons. The van der Waals surface area contributed by atoms with E-state index in [1.165, 1.54) is 12.1 Å². The van der Waals surface area contributed by atoms with Crippen molar-refractivity contribution in [3.8, 4) is 0 Å². The summed E-state index contributed by atoms with van der Waals surface area (Å²) in [6, 6.07) is 9.51. The second-order valence-corrected chi connectivity index (χ2v) is 4.26. The summed E-state index contributed by atoms with van der Waals surface area (Å²) in [5, 5.41) is 3.52. The Bertz CT molecular complexity index is 334. The number of benzene rings is 1. The minimum absolute atomic E-state index is 0.688. The van der Waals surface area contributed by atoms with Crippen LogP contribution in [0.5, 0.6) is 0 Å². The number of nitrogens with one attached hydrogen (secondary N) is 1. The van der Waals surface area contributed by atoms with Gasteiger partial charge in [-0.1, -0.05) is 12.1 Å². The van der Waals surface area contributed by atoms with Crippen molar-refractivity contribution in [2.45, 2.75) is 18.5 Å². The van der Waals surface area contributed by atoms with E-state index in [0.29, 0.717) is 12.1 Å². The zero-order valence-electron chi connectivity index (χ0n) is 8.11. The first-order valence-electron chi connectivity index (χ1n) is 5.18. The van der Waals surface area contributed by atoms with Crippen LogP contribution in [0.3, 0.4) is 0 Å². The quantitative estimate of drug-likeness (QED) is 0.643. The lowest BCUT2D eigenvalue weighted by Gasteiger charge is -2.49. The van der Waals surface area contributed by atoms with Crippen LogP contribution in [0.25, 0.3) is 0 Å². The molecule has 3 aliphatic rings. The van der Waals surface area contributed by atoms with E-state index in [0.717, 1.165) is 18.8 Å². The minimum Gasteiger partial charge on any atom is -0.397 e. The molecule has 2 bridgehead atoms. The van der Waals surface area contributed by atoms with Gasteiger partial charge in [-0.05, 0) is 18.6 Å². The van der Waals surface area contributed by atoms with E-state index in [1.54, 1.807) is 0 Å². The molecule has 2 unspecified atom stereocenters. The van der Waals surface area contributed by atoms with Gasteiger partial charge >= 0.3 is 0 Å². The fourth-order valence-electron chi connectivity index (χ4n) is 2.49. The zero-order valence-corrected chi connectivity index (χ0v) is 8.11. The van der Waals surface area contributed by atoms with Crippen LogP contribution in [0, 0.1) is 0 Å². The Morgan fingerprint density at radius 2 is 1.86 bits per heavy atom. The molecular formula is C11H15N3. The van der Waals surface area contributed by atoms with E-state index in [2.05, 4.69) is 22.3 Å². The fraction of sp³-hybridized carbons (Fsp3) is 0.455. The Morgan fingerprint density at radius 3 is 2.50 bits per heavy atom. The van der Waals surface area contributed by atoms with Crippen LogP contribution >= 0.6 is 0 Å². The van der Waals surface area contributed by atoms with Crippen LogP contribution in [0.1, 0.15) is 6.42 Å². The summed E-state index contributed by atoms with van der Waals surface area (Å²) in [6.45, 7) is 2.20. The number of rotatable bonds is 1. The highest BCUT2D eigenvalue weighted by Crippen LogP contribution is 2.29. The molecule has 0 aromatic heterocycles. The first-order valence-corrected chi connectivity index (χ1v) is 5.18. The van der Waals surface area contributed by atoms with E-state index < -0.39 is 0 Å². The Balaban J connectivity index is 1.85. The number of hydrogen-bond acceptors (Lipinski definition) is 3. The van der Waals surface area contributed by atoms with Gasteiger partial charge in [0, 0.05) is 25.2 Å². The number of anilines is 2. The number of para-hydroxylation sites is 2. The Morgan fingerprint density at radius 1 is 1.21 bits per heavy atom. The smallest absolute Gasteiger partial charge is 0.0601 e. The number of fused-ring (bicyclic) bond motifs is 2. The predicted octanol–water partition coefficient (Wildman–Crippen LogP) is 0.819. The van der Waals surface area contributed by atoms with Crippen LogP contribution in [-0.2, 0) is 0 Å². The summed E-state index contributed by atoms with van der Waals surface area (Å²) in [4.78, 5) is 2.39. The third-order valence-corrected chi connectivity index (χ3v) is 3.20. The summed E-state index contributed by atoms with van der Waals surface area (Å²) in [5.74, 6) is 0. The number of piperazine rings is 1. The lowest BCUT2D eigenvalue weighted by molar-refractivity contribution is 0.226. The van der Waals surface area contributed by atoms with E-state index in [1.807, 2.05) is 12.1 Å². The maximum atomic E-state index is 5.95. The molecule has 3 heterocycles. The maximum Gasteiger partial charge on any atom is 0.0601 e. The highest BCUT2D eigenvalue weighted by Gasteiger charge is 2.36.